The number of nitrogens with one attached hydrogen (secondary N) is 1. The molecule has 1 amide bonds. The number of rotatable bonds is 19. The number of aromatic nitrogens is 1. The molecular formula is C39H51F3N4O4S. The number of carbonyl (C=O) groups excluding carboxylic acids is 2. The van der Waals surface area contributed by atoms with Crippen LogP contribution in [0.2, 0.25) is 0 Å². The molecular weight excluding hydrogens is 678 g/mol. The Morgan fingerprint density at radius 3 is 2.45 bits per heavy atom. The van der Waals surface area contributed by atoms with E-state index in [4.69, 9.17) is 5.73 Å². The summed E-state index contributed by atoms with van der Waals surface area (Å²) in [5.41, 5.74) is 7.07. The van der Waals surface area contributed by atoms with Crippen LogP contribution in [0.3, 0.4) is 0 Å². The van der Waals surface area contributed by atoms with Crippen LogP contribution in [-0.2, 0) is 20.9 Å². The summed E-state index contributed by atoms with van der Waals surface area (Å²) in [5, 5.41) is 12.9. The summed E-state index contributed by atoms with van der Waals surface area (Å²) in [5.74, 6) is -4.14. The molecule has 2 aromatic carbocycles. The lowest BCUT2D eigenvalue weighted by Gasteiger charge is -2.42. The minimum absolute atomic E-state index is 0.0632. The van der Waals surface area contributed by atoms with E-state index in [0.29, 0.717) is 43.7 Å². The van der Waals surface area contributed by atoms with Gasteiger partial charge in [0, 0.05) is 73.7 Å². The Morgan fingerprint density at radius 2 is 1.80 bits per heavy atom. The van der Waals surface area contributed by atoms with E-state index in [-0.39, 0.29) is 48.3 Å². The molecule has 0 unspecified atom stereocenters. The Labute approximate surface area is 303 Å². The van der Waals surface area contributed by atoms with Gasteiger partial charge in [0.05, 0.1) is 17.7 Å². The van der Waals surface area contributed by atoms with Crippen LogP contribution >= 0.6 is 11.8 Å². The minimum atomic E-state index is -1.17. The van der Waals surface area contributed by atoms with E-state index in [1.165, 1.54) is 0 Å². The predicted octanol–water partition coefficient (Wildman–Crippen LogP) is 6.87. The number of unbranched alkanes of at least 4 members (excludes halogenated alkanes) is 2. The summed E-state index contributed by atoms with van der Waals surface area (Å²) >= 11 is 1.15. The van der Waals surface area contributed by atoms with Crippen LogP contribution in [0.5, 0.6) is 0 Å². The van der Waals surface area contributed by atoms with E-state index in [1.807, 2.05) is 55.7 Å². The predicted molar refractivity (Wildman–Crippen MR) is 196 cm³/mol. The van der Waals surface area contributed by atoms with E-state index in [1.54, 1.807) is 17.2 Å². The number of hydrogen-bond acceptors (Lipinski definition) is 6. The van der Waals surface area contributed by atoms with Gasteiger partial charge in [-0.15, -0.1) is 0 Å². The van der Waals surface area contributed by atoms with E-state index >= 15 is 8.78 Å². The molecule has 278 valence electrons. The Kier molecular flexibility index (Phi) is 14.8. The molecule has 4 atom stereocenters. The maximum Gasteiger partial charge on any atom is 0.307 e. The number of carboxylic acids is 1. The van der Waals surface area contributed by atoms with Gasteiger partial charge < -0.3 is 25.6 Å². The second kappa shape index (κ2) is 18.8. The molecule has 51 heavy (non-hydrogen) atoms. The number of benzene rings is 2. The zero-order valence-electron chi connectivity index (χ0n) is 29.8. The fourth-order valence-electron chi connectivity index (χ4n) is 6.70. The van der Waals surface area contributed by atoms with Crippen molar-refractivity contribution >= 4 is 29.4 Å². The molecule has 0 radical (unpaired) electrons. The number of alkyl halides is 1. The van der Waals surface area contributed by atoms with Crippen molar-refractivity contribution in [1.82, 2.24) is 14.8 Å². The molecule has 3 aromatic rings. The van der Waals surface area contributed by atoms with Crippen molar-refractivity contribution in [3.05, 3.63) is 83.7 Å². The molecule has 0 saturated carbocycles. The second-order valence-electron chi connectivity index (χ2n) is 14.5. The third kappa shape index (κ3) is 11.4. The average molecular weight is 729 g/mol. The minimum Gasteiger partial charge on any atom is -0.481 e. The molecule has 12 heteroatoms. The lowest BCUT2D eigenvalue weighted by Crippen LogP contribution is -2.46. The largest absolute Gasteiger partial charge is 0.481 e. The van der Waals surface area contributed by atoms with Crippen molar-refractivity contribution < 1.29 is 32.7 Å². The molecule has 1 saturated heterocycles. The third-order valence-electron chi connectivity index (χ3n) is 9.31. The SMILES string of the molecule is CC(C)(C)[C@H](c1cc(-c2cc(F)ccc2F)cn1Cc1ccccc1)N(C[C@@H]1CNC[C@@H]1F)C(=O)CSC[C@H](CC(=O)CCCCCN)C(=O)O. The lowest BCUT2D eigenvalue weighted by molar-refractivity contribution is -0.143. The number of amides is 1. The van der Waals surface area contributed by atoms with Crippen molar-refractivity contribution in [1.29, 1.82) is 0 Å². The molecule has 1 aromatic heterocycles. The number of nitrogens with zero attached hydrogens (tertiary/aromatic N) is 2. The third-order valence-corrected chi connectivity index (χ3v) is 10.4. The number of nitrogens with two attached hydrogens (primary N) is 1. The van der Waals surface area contributed by atoms with Crippen molar-refractivity contribution in [3.8, 4) is 11.1 Å². The van der Waals surface area contributed by atoms with Crippen LogP contribution in [0.4, 0.5) is 13.2 Å². The highest BCUT2D eigenvalue weighted by Gasteiger charge is 2.40. The first kappa shape index (κ1) is 40.2. The number of thioether (sulfide) groups is 1. The summed E-state index contributed by atoms with van der Waals surface area (Å²) in [6.45, 7) is 7.52. The molecule has 0 spiro atoms. The van der Waals surface area contributed by atoms with Gasteiger partial charge in [0.1, 0.15) is 23.6 Å². The Morgan fingerprint density at radius 1 is 1.06 bits per heavy atom. The molecule has 0 aliphatic carbocycles. The fourth-order valence-corrected chi connectivity index (χ4v) is 7.71. The van der Waals surface area contributed by atoms with E-state index in [2.05, 4.69) is 5.32 Å². The summed E-state index contributed by atoms with van der Waals surface area (Å²) < 4.78 is 46.6. The molecule has 1 aliphatic rings. The van der Waals surface area contributed by atoms with Gasteiger partial charge in [-0.3, -0.25) is 14.4 Å². The topological polar surface area (TPSA) is 118 Å². The van der Waals surface area contributed by atoms with Gasteiger partial charge in [-0.2, -0.15) is 11.8 Å². The smallest absolute Gasteiger partial charge is 0.307 e. The van der Waals surface area contributed by atoms with Crippen molar-refractivity contribution in [2.24, 2.45) is 23.0 Å². The summed E-state index contributed by atoms with van der Waals surface area (Å²) in [7, 11) is 0. The number of hydrogen-bond donors (Lipinski definition) is 3. The van der Waals surface area contributed by atoms with E-state index in [9.17, 15) is 23.9 Å². The van der Waals surface area contributed by atoms with Crippen LogP contribution < -0.4 is 11.1 Å². The fraction of sp³-hybridized carbons (Fsp3) is 0.513. The van der Waals surface area contributed by atoms with Gasteiger partial charge in [-0.25, -0.2) is 13.2 Å². The number of ketones is 1. The summed E-state index contributed by atoms with van der Waals surface area (Å²) in [6.07, 6.45) is 3.03. The number of halogens is 3. The normalized spacial score (nSPS) is 17.3. The summed E-state index contributed by atoms with van der Waals surface area (Å²) in [4.78, 5) is 40.6. The first-order valence-electron chi connectivity index (χ1n) is 17.6. The van der Waals surface area contributed by atoms with Crippen molar-refractivity contribution in [3.63, 3.8) is 0 Å². The average Bonchev–Trinajstić information content (AvgIpc) is 3.68. The zero-order chi connectivity index (χ0) is 37.1. The quantitative estimate of drug-likeness (QED) is 0.115. The van der Waals surface area contributed by atoms with Crippen LogP contribution in [-0.4, -0.2) is 76.1 Å². The zero-order valence-corrected chi connectivity index (χ0v) is 30.6. The highest BCUT2D eigenvalue weighted by Crippen LogP contribution is 2.42. The number of carboxylic acid groups (broad SMARTS) is 1. The van der Waals surface area contributed by atoms with Gasteiger partial charge in [0.15, 0.2) is 0 Å². The van der Waals surface area contributed by atoms with Gasteiger partial charge in [0.2, 0.25) is 5.91 Å². The molecule has 1 aliphatic heterocycles. The van der Waals surface area contributed by atoms with Crippen molar-refractivity contribution in [2.75, 3.05) is 37.7 Å². The lowest BCUT2D eigenvalue weighted by atomic mass is 9.82. The van der Waals surface area contributed by atoms with Crippen molar-refractivity contribution in [2.45, 2.75) is 71.6 Å². The van der Waals surface area contributed by atoms with Gasteiger partial charge >= 0.3 is 5.97 Å². The van der Waals surface area contributed by atoms with E-state index in [0.717, 1.165) is 48.4 Å². The molecule has 1 fully saturated rings. The first-order valence-corrected chi connectivity index (χ1v) is 18.8. The molecule has 0 bridgehead atoms. The van der Waals surface area contributed by atoms with Crippen LogP contribution in [0.25, 0.3) is 11.1 Å². The summed E-state index contributed by atoms with van der Waals surface area (Å²) in [6, 6.07) is 14.1. The molecule has 4 rings (SSSR count). The molecule has 4 N–H and O–H groups in total. The molecule has 2 heterocycles. The Hall–Kier alpha value is -3.61. The number of carbonyl (C=O) groups is 3. The van der Waals surface area contributed by atoms with Gasteiger partial charge in [0.25, 0.3) is 0 Å². The van der Waals surface area contributed by atoms with Crippen LogP contribution in [0, 0.1) is 28.9 Å². The Bertz CT molecular complexity index is 1610. The molecule has 8 nitrogen and oxygen atoms in total. The van der Waals surface area contributed by atoms with Gasteiger partial charge in [-0.1, -0.05) is 57.5 Å². The maximum atomic E-state index is 15.2. The first-order chi connectivity index (χ1) is 24.3. The number of Topliss-reactive ketones (excluding diaryl/α,β-unsaturated/α-hetero) is 1. The van der Waals surface area contributed by atoms with Crippen LogP contribution in [0.15, 0.2) is 60.8 Å². The highest BCUT2D eigenvalue weighted by atomic mass is 32.2. The number of aliphatic carboxylic acids is 1. The van der Waals surface area contributed by atoms with Gasteiger partial charge in [-0.05, 0) is 54.6 Å². The standard InChI is InChI=1S/C39H51F3N4O4S/c1-39(2,3)37(35-17-27(32-18-30(40)13-14-33(32)41)22-45(35)21-26-10-6-4-7-11-26)46(23-29-19-44-20-34(29)42)36(48)25-51-24-28(38(49)50)16-31(47)12-8-5-9-15-43/h4,6-7,10-11,13-14,17-18,22,28-29,34,37,44H,5,8-9,12,15-16,19-21,23-25,43H2,1-3H3,(H,49,50)/t28-,29-,34-,37-/m0/s1. The van der Waals surface area contributed by atoms with Crippen LogP contribution in [0.1, 0.15) is 70.2 Å². The monoisotopic (exact) mass is 728 g/mol. The highest BCUT2D eigenvalue weighted by molar-refractivity contribution is 7.99. The van der Waals surface area contributed by atoms with E-state index < -0.39 is 47.1 Å². The maximum absolute atomic E-state index is 15.2. The second-order valence-corrected chi connectivity index (χ2v) is 15.6. The Balaban J connectivity index is 1.67.